The Hall–Kier alpha value is -0.200. The summed E-state index contributed by atoms with van der Waals surface area (Å²) in [7, 11) is 0. The number of ether oxygens (including phenoxy) is 4. The van der Waals surface area contributed by atoms with E-state index in [0.717, 1.165) is 0 Å². The number of hydrogen-bond acceptors (Lipinski definition) is 5. The van der Waals surface area contributed by atoms with Crippen molar-refractivity contribution in [3.05, 3.63) is 0 Å². The van der Waals surface area contributed by atoms with E-state index in [1.807, 2.05) is 20.8 Å². The molecule has 1 aliphatic heterocycles. The van der Waals surface area contributed by atoms with E-state index in [1.165, 1.54) is 0 Å². The van der Waals surface area contributed by atoms with Crippen LogP contribution in [0.1, 0.15) is 34.6 Å². The second-order valence-electron chi connectivity index (χ2n) is 5.37. The highest BCUT2D eigenvalue weighted by atomic mass is 16.6. The minimum atomic E-state index is -0.729. The van der Waals surface area contributed by atoms with Crippen molar-refractivity contribution in [3.63, 3.8) is 0 Å². The second kappa shape index (κ2) is 8.95. The molecule has 1 N–H and O–H groups in total. The molecule has 1 rings (SSSR count). The van der Waals surface area contributed by atoms with Crippen LogP contribution in [0.15, 0.2) is 0 Å². The fourth-order valence-electron chi connectivity index (χ4n) is 2.63. The molecule has 1 aliphatic rings. The van der Waals surface area contributed by atoms with Gasteiger partial charge in [-0.3, -0.25) is 0 Å². The van der Waals surface area contributed by atoms with E-state index in [4.69, 9.17) is 18.9 Å². The molecule has 0 aromatic heterocycles. The van der Waals surface area contributed by atoms with Crippen LogP contribution in [-0.2, 0) is 18.9 Å². The first-order chi connectivity index (χ1) is 9.56. The Bertz CT molecular complexity index is 259. The molecule has 5 atom stereocenters. The summed E-state index contributed by atoms with van der Waals surface area (Å²) in [5.41, 5.74) is 0. The van der Waals surface area contributed by atoms with Crippen LogP contribution in [0.2, 0.25) is 0 Å². The molecule has 1 heterocycles. The van der Waals surface area contributed by atoms with Gasteiger partial charge in [0.1, 0.15) is 24.4 Å². The maximum atomic E-state index is 10.5. The highest BCUT2D eigenvalue weighted by Crippen LogP contribution is 2.30. The van der Waals surface area contributed by atoms with Crippen LogP contribution >= 0.6 is 0 Å². The average molecular weight is 290 g/mol. The molecule has 0 aromatic carbocycles. The van der Waals surface area contributed by atoms with E-state index in [9.17, 15) is 5.11 Å². The number of rotatable bonds is 8. The molecule has 20 heavy (non-hydrogen) atoms. The lowest BCUT2D eigenvalue weighted by atomic mass is 9.89. The van der Waals surface area contributed by atoms with Gasteiger partial charge >= 0.3 is 0 Å². The van der Waals surface area contributed by atoms with Gasteiger partial charge in [-0.25, -0.2) is 0 Å². The summed E-state index contributed by atoms with van der Waals surface area (Å²) in [6, 6.07) is 0. The first kappa shape index (κ1) is 17.9. The van der Waals surface area contributed by atoms with E-state index in [2.05, 4.69) is 13.8 Å². The van der Waals surface area contributed by atoms with Crippen LogP contribution in [0.3, 0.4) is 0 Å². The van der Waals surface area contributed by atoms with Gasteiger partial charge in [0.2, 0.25) is 0 Å². The van der Waals surface area contributed by atoms with Gasteiger partial charge in [-0.15, -0.1) is 0 Å². The minimum absolute atomic E-state index is 0.0969. The molecule has 1 fully saturated rings. The molecular weight excluding hydrogens is 260 g/mol. The molecule has 5 heteroatoms. The van der Waals surface area contributed by atoms with Crippen LogP contribution < -0.4 is 0 Å². The van der Waals surface area contributed by atoms with Gasteiger partial charge in [0.25, 0.3) is 0 Å². The van der Waals surface area contributed by atoms with Gasteiger partial charge in [0.15, 0.2) is 0 Å². The summed E-state index contributed by atoms with van der Waals surface area (Å²) in [5, 5.41) is 10.5. The van der Waals surface area contributed by atoms with Crippen LogP contribution in [0, 0.1) is 5.92 Å². The van der Waals surface area contributed by atoms with Crippen molar-refractivity contribution in [2.45, 2.75) is 65.1 Å². The van der Waals surface area contributed by atoms with Crippen molar-refractivity contribution in [1.29, 1.82) is 0 Å². The Morgan fingerprint density at radius 2 is 1.60 bits per heavy atom. The quantitative estimate of drug-likeness (QED) is 0.736. The first-order valence-corrected chi connectivity index (χ1v) is 7.71. The third kappa shape index (κ3) is 4.40. The Morgan fingerprint density at radius 3 is 2.10 bits per heavy atom. The topological polar surface area (TPSA) is 57.2 Å². The van der Waals surface area contributed by atoms with Crippen molar-refractivity contribution in [3.8, 4) is 0 Å². The van der Waals surface area contributed by atoms with Crippen LogP contribution in [-0.4, -0.2) is 62.1 Å². The summed E-state index contributed by atoms with van der Waals surface area (Å²) >= 11 is 0. The molecule has 0 saturated carbocycles. The summed E-state index contributed by atoms with van der Waals surface area (Å²) < 4.78 is 23.0. The zero-order chi connectivity index (χ0) is 15.1. The van der Waals surface area contributed by atoms with E-state index in [1.54, 1.807) is 0 Å². The first-order valence-electron chi connectivity index (χ1n) is 7.71. The number of aliphatic hydroxyl groups excluding tert-OH is 1. The monoisotopic (exact) mass is 290 g/mol. The summed E-state index contributed by atoms with van der Waals surface area (Å²) in [6.07, 6.45) is -1.80. The second-order valence-corrected chi connectivity index (χ2v) is 5.37. The molecule has 5 nitrogen and oxygen atoms in total. The van der Waals surface area contributed by atoms with Crippen LogP contribution in [0.5, 0.6) is 0 Å². The van der Waals surface area contributed by atoms with Crippen molar-refractivity contribution >= 4 is 0 Å². The molecule has 0 spiro atoms. The molecule has 0 amide bonds. The van der Waals surface area contributed by atoms with Gasteiger partial charge in [-0.05, 0) is 26.7 Å². The molecule has 0 bridgehead atoms. The minimum Gasteiger partial charge on any atom is -0.387 e. The lowest BCUT2D eigenvalue weighted by Crippen LogP contribution is -2.61. The third-order valence-electron chi connectivity index (χ3n) is 3.56. The maximum Gasteiger partial charge on any atom is 0.115 e. The highest BCUT2D eigenvalue weighted by Gasteiger charge is 2.47. The van der Waals surface area contributed by atoms with Crippen molar-refractivity contribution in [2.24, 2.45) is 5.92 Å². The normalized spacial score (nSPS) is 34.6. The lowest BCUT2D eigenvalue weighted by molar-refractivity contribution is -0.261. The van der Waals surface area contributed by atoms with Crippen LogP contribution in [0.25, 0.3) is 0 Å². The maximum absolute atomic E-state index is 10.5. The highest BCUT2D eigenvalue weighted by molar-refractivity contribution is 4.95. The summed E-state index contributed by atoms with van der Waals surface area (Å²) in [6.45, 7) is 12.1. The zero-order valence-corrected chi connectivity index (χ0v) is 13.4. The van der Waals surface area contributed by atoms with E-state index in [0.29, 0.717) is 26.4 Å². The fraction of sp³-hybridized carbons (Fsp3) is 1.00. The van der Waals surface area contributed by atoms with Crippen molar-refractivity contribution in [2.75, 3.05) is 26.4 Å². The number of aliphatic hydroxyl groups is 1. The molecular formula is C15H30O5. The Morgan fingerprint density at radius 1 is 1.00 bits per heavy atom. The Kier molecular flexibility index (Phi) is 7.99. The van der Waals surface area contributed by atoms with E-state index in [-0.39, 0.29) is 30.3 Å². The Labute approximate surface area is 122 Å². The molecule has 1 saturated heterocycles. The number of hydrogen-bond donors (Lipinski definition) is 1. The molecule has 0 aromatic rings. The van der Waals surface area contributed by atoms with Gasteiger partial charge in [-0.1, -0.05) is 13.8 Å². The van der Waals surface area contributed by atoms with Gasteiger partial charge < -0.3 is 24.1 Å². The largest absolute Gasteiger partial charge is 0.387 e. The van der Waals surface area contributed by atoms with Crippen LogP contribution in [0.4, 0.5) is 0 Å². The molecule has 5 unspecified atom stereocenters. The fourth-order valence-corrected chi connectivity index (χ4v) is 2.63. The Balaban J connectivity index is 2.86. The molecule has 0 aliphatic carbocycles. The van der Waals surface area contributed by atoms with Gasteiger partial charge in [0, 0.05) is 19.8 Å². The standard InChI is InChI=1S/C15H30O5/c1-6-17-9-11-12(16)14(18-7-2)15(19-8-3)13(20-11)10(4)5/h10-16H,6-9H2,1-5H3. The third-order valence-corrected chi connectivity index (χ3v) is 3.56. The smallest absolute Gasteiger partial charge is 0.115 e. The summed E-state index contributed by atoms with van der Waals surface area (Å²) in [5.74, 6) is 0.283. The van der Waals surface area contributed by atoms with Crippen molar-refractivity contribution < 1.29 is 24.1 Å². The molecule has 120 valence electrons. The lowest BCUT2D eigenvalue weighted by Gasteiger charge is -2.45. The van der Waals surface area contributed by atoms with Gasteiger partial charge in [0.05, 0.1) is 12.7 Å². The average Bonchev–Trinajstić information content (AvgIpc) is 2.41. The SMILES string of the molecule is CCOCC1OC(C(C)C)C(OCC)C(OCC)C1O. The predicted octanol–water partition coefficient (Wildman–Crippen LogP) is 1.62. The predicted molar refractivity (Wildman–Crippen MR) is 76.8 cm³/mol. The van der Waals surface area contributed by atoms with E-state index >= 15 is 0 Å². The zero-order valence-electron chi connectivity index (χ0n) is 13.4. The van der Waals surface area contributed by atoms with Crippen molar-refractivity contribution in [1.82, 2.24) is 0 Å². The van der Waals surface area contributed by atoms with Gasteiger partial charge in [-0.2, -0.15) is 0 Å². The summed E-state index contributed by atoms with van der Waals surface area (Å²) in [4.78, 5) is 0. The van der Waals surface area contributed by atoms with E-state index < -0.39 is 6.10 Å². The molecule has 0 radical (unpaired) electrons.